The molecule has 0 aliphatic carbocycles. The van der Waals surface area contributed by atoms with E-state index in [2.05, 4.69) is 4.98 Å². The van der Waals surface area contributed by atoms with Gasteiger partial charge in [-0.25, -0.2) is 4.98 Å². The maximum absolute atomic E-state index is 12.2. The third kappa shape index (κ3) is 4.11. The second-order valence-corrected chi connectivity index (χ2v) is 6.89. The van der Waals surface area contributed by atoms with Crippen LogP contribution >= 0.6 is 11.3 Å². The van der Waals surface area contributed by atoms with Crippen molar-refractivity contribution >= 4 is 17.2 Å². The molecule has 0 radical (unpaired) electrons. The molecule has 2 unspecified atom stereocenters. The summed E-state index contributed by atoms with van der Waals surface area (Å²) in [5.41, 5.74) is 1.86. The molecule has 2 heterocycles. The molecule has 1 saturated heterocycles. The van der Waals surface area contributed by atoms with Crippen molar-refractivity contribution in [3.05, 3.63) is 45.9 Å². The smallest absolute Gasteiger partial charge is 0.228 e. The zero-order valence-corrected chi connectivity index (χ0v) is 14.2. The Balaban J connectivity index is 1.52. The number of carbonyl (C=O) groups is 1. The molecule has 1 aromatic carbocycles. The van der Waals surface area contributed by atoms with Crippen LogP contribution in [0.25, 0.3) is 0 Å². The van der Waals surface area contributed by atoms with Crippen molar-refractivity contribution in [1.29, 1.82) is 0 Å². The summed E-state index contributed by atoms with van der Waals surface area (Å²) in [7, 11) is 0. The molecule has 0 spiro atoms. The van der Waals surface area contributed by atoms with Crippen LogP contribution in [0, 0.1) is 6.92 Å². The van der Waals surface area contributed by atoms with E-state index in [0.29, 0.717) is 12.3 Å². The monoisotopic (exact) mass is 348 g/mol. The fourth-order valence-corrected chi connectivity index (χ4v) is 3.22. The van der Waals surface area contributed by atoms with E-state index < -0.39 is 12.2 Å². The Morgan fingerprint density at radius 3 is 2.62 bits per heavy atom. The molecule has 1 amide bonds. The second-order valence-electron chi connectivity index (χ2n) is 5.94. The maximum Gasteiger partial charge on any atom is 0.228 e. The van der Waals surface area contributed by atoms with Crippen molar-refractivity contribution in [3.8, 4) is 5.75 Å². The third-order valence-corrected chi connectivity index (χ3v) is 4.80. The van der Waals surface area contributed by atoms with Gasteiger partial charge in [0.25, 0.3) is 0 Å². The Morgan fingerprint density at radius 2 is 1.96 bits per heavy atom. The van der Waals surface area contributed by atoms with Gasteiger partial charge in [0.05, 0.1) is 24.3 Å². The van der Waals surface area contributed by atoms with E-state index in [1.165, 1.54) is 21.8 Å². The number of aliphatic hydroxyl groups is 2. The summed E-state index contributed by atoms with van der Waals surface area (Å²) >= 11 is 1.45. The molecule has 6 nitrogen and oxygen atoms in total. The van der Waals surface area contributed by atoms with Crippen LogP contribution in [-0.4, -0.2) is 51.3 Å². The number of thiazole rings is 1. The summed E-state index contributed by atoms with van der Waals surface area (Å²) in [5, 5.41) is 21.7. The van der Waals surface area contributed by atoms with Crippen LogP contribution in [0.2, 0.25) is 0 Å². The Morgan fingerprint density at radius 1 is 1.29 bits per heavy atom. The van der Waals surface area contributed by atoms with Crippen molar-refractivity contribution in [3.63, 3.8) is 0 Å². The molecule has 2 atom stereocenters. The fourth-order valence-electron chi connectivity index (χ4n) is 2.52. The molecule has 1 aliphatic rings. The van der Waals surface area contributed by atoms with Crippen LogP contribution in [0.5, 0.6) is 5.75 Å². The first kappa shape index (κ1) is 16.9. The molecule has 1 fully saturated rings. The van der Waals surface area contributed by atoms with E-state index in [9.17, 15) is 15.0 Å². The summed E-state index contributed by atoms with van der Waals surface area (Å²) in [6.07, 6.45) is -1.55. The predicted octanol–water partition coefficient (Wildman–Crippen LogP) is 1.14. The van der Waals surface area contributed by atoms with Crippen LogP contribution in [0.3, 0.4) is 0 Å². The number of aliphatic hydroxyl groups excluding tert-OH is 2. The number of hydrogen-bond donors (Lipinski definition) is 2. The molecule has 0 bridgehead atoms. The molecule has 24 heavy (non-hydrogen) atoms. The van der Waals surface area contributed by atoms with Crippen LogP contribution in [-0.2, 0) is 17.8 Å². The van der Waals surface area contributed by atoms with Gasteiger partial charge in [-0.3, -0.25) is 4.79 Å². The van der Waals surface area contributed by atoms with E-state index >= 15 is 0 Å². The average Bonchev–Trinajstić information content (AvgIpc) is 3.14. The average molecular weight is 348 g/mol. The highest BCUT2D eigenvalue weighted by Crippen LogP contribution is 2.17. The minimum atomic E-state index is -0.858. The highest BCUT2D eigenvalue weighted by molar-refractivity contribution is 7.09. The summed E-state index contributed by atoms with van der Waals surface area (Å²) in [4.78, 5) is 18.0. The normalized spacial score (nSPS) is 20.4. The maximum atomic E-state index is 12.2. The van der Waals surface area contributed by atoms with Crippen molar-refractivity contribution < 1.29 is 19.7 Å². The van der Waals surface area contributed by atoms with Crippen LogP contribution in [0.1, 0.15) is 16.3 Å². The number of nitrogens with zero attached hydrogens (tertiary/aromatic N) is 2. The fraction of sp³-hybridized carbons (Fsp3) is 0.412. The number of likely N-dealkylation sites (tertiary alicyclic amines) is 1. The predicted molar refractivity (Wildman–Crippen MR) is 89.9 cm³/mol. The minimum absolute atomic E-state index is 0.137. The SMILES string of the molecule is Cc1ccc(OCc2nc(CC(=O)N3CC(O)C(O)C3)cs2)cc1. The molecule has 1 aromatic heterocycles. The van der Waals surface area contributed by atoms with Gasteiger partial charge in [0, 0.05) is 18.5 Å². The molecule has 2 N–H and O–H groups in total. The Kier molecular flexibility index (Phi) is 5.13. The third-order valence-electron chi connectivity index (χ3n) is 3.93. The number of ether oxygens (including phenoxy) is 1. The molecule has 1 aliphatic heterocycles. The van der Waals surface area contributed by atoms with Gasteiger partial charge in [-0.05, 0) is 19.1 Å². The minimum Gasteiger partial charge on any atom is -0.486 e. The lowest BCUT2D eigenvalue weighted by atomic mass is 10.2. The van der Waals surface area contributed by atoms with Gasteiger partial charge in [-0.15, -0.1) is 11.3 Å². The van der Waals surface area contributed by atoms with Crippen molar-refractivity contribution in [1.82, 2.24) is 9.88 Å². The Hall–Kier alpha value is -1.96. The first-order valence-corrected chi connectivity index (χ1v) is 8.66. The Labute approximate surface area is 144 Å². The molecule has 0 saturated carbocycles. The summed E-state index contributed by atoms with van der Waals surface area (Å²) in [6.45, 7) is 2.73. The molecule has 7 heteroatoms. The first-order chi connectivity index (χ1) is 11.5. The number of carbonyl (C=O) groups excluding carboxylic acids is 1. The number of β-amino-alcohol motifs (C(OH)–C–C–N with tert-alkyl or cyclic N) is 2. The highest BCUT2D eigenvalue weighted by atomic mass is 32.1. The lowest BCUT2D eigenvalue weighted by Gasteiger charge is -2.14. The van der Waals surface area contributed by atoms with Crippen molar-refractivity contribution in [2.45, 2.75) is 32.2 Å². The zero-order valence-electron chi connectivity index (χ0n) is 13.4. The number of hydrogen-bond acceptors (Lipinski definition) is 6. The molecular formula is C17H20N2O4S. The van der Waals surface area contributed by atoms with Crippen LogP contribution < -0.4 is 4.74 Å². The Bertz CT molecular complexity index is 691. The zero-order chi connectivity index (χ0) is 17.1. The number of amides is 1. The largest absolute Gasteiger partial charge is 0.486 e. The van der Waals surface area contributed by atoms with Crippen molar-refractivity contribution in [2.24, 2.45) is 0 Å². The summed E-state index contributed by atoms with van der Waals surface area (Å²) in [5.74, 6) is 0.648. The van der Waals surface area contributed by atoms with Gasteiger partial charge in [0.2, 0.25) is 5.91 Å². The number of aryl methyl sites for hydroxylation is 1. The van der Waals surface area contributed by atoms with E-state index in [1.807, 2.05) is 36.6 Å². The second kappa shape index (κ2) is 7.29. The van der Waals surface area contributed by atoms with Gasteiger partial charge in [-0.2, -0.15) is 0 Å². The van der Waals surface area contributed by atoms with Crippen molar-refractivity contribution in [2.75, 3.05) is 13.1 Å². The molecular weight excluding hydrogens is 328 g/mol. The van der Waals surface area contributed by atoms with E-state index in [-0.39, 0.29) is 25.4 Å². The van der Waals surface area contributed by atoms with Gasteiger partial charge in [0.15, 0.2) is 0 Å². The topological polar surface area (TPSA) is 82.9 Å². The number of benzene rings is 1. The van der Waals surface area contributed by atoms with Gasteiger partial charge in [-0.1, -0.05) is 17.7 Å². The first-order valence-electron chi connectivity index (χ1n) is 7.78. The van der Waals surface area contributed by atoms with Gasteiger partial charge < -0.3 is 19.8 Å². The van der Waals surface area contributed by atoms with Crippen LogP contribution in [0.4, 0.5) is 0 Å². The van der Waals surface area contributed by atoms with E-state index in [0.717, 1.165) is 10.8 Å². The molecule has 2 aromatic rings. The number of aromatic nitrogens is 1. The quantitative estimate of drug-likeness (QED) is 0.847. The molecule has 3 rings (SSSR count). The number of rotatable bonds is 5. The van der Waals surface area contributed by atoms with E-state index in [1.54, 1.807) is 0 Å². The van der Waals surface area contributed by atoms with Gasteiger partial charge in [0.1, 0.15) is 17.4 Å². The van der Waals surface area contributed by atoms with Crippen LogP contribution in [0.15, 0.2) is 29.6 Å². The lowest BCUT2D eigenvalue weighted by molar-refractivity contribution is -0.130. The molecule has 128 valence electrons. The standard InChI is InChI=1S/C17H20N2O4S/c1-11-2-4-13(5-3-11)23-9-16-18-12(10-24-16)6-17(22)19-7-14(20)15(21)8-19/h2-5,10,14-15,20-21H,6-9H2,1H3. The summed E-state index contributed by atoms with van der Waals surface area (Å²) in [6, 6.07) is 7.80. The van der Waals surface area contributed by atoms with E-state index in [4.69, 9.17) is 4.74 Å². The lowest BCUT2D eigenvalue weighted by Crippen LogP contribution is -2.31. The van der Waals surface area contributed by atoms with Gasteiger partial charge >= 0.3 is 0 Å². The summed E-state index contributed by atoms with van der Waals surface area (Å²) < 4.78 is 5.68. The highest BCUT2D eigenvalue weighted by Gasteiger charge is 2.32.